The standard InChI is InChI=1S/C16H16BrN3O2/c17-13-2-4-14(5-3-13)22-15-6-1-12(11-19-15)16(21)20-9-7-18-8-10-20/h1-6,11,18H,7-10H2. The van der Waals surface area contributed by atoms with Gasteiger partial charge in [-0.3, -0.25) is 4.79 Å². The fourth-order valence-electron chi connectivity index (χ4n) is 2.24. The van der Waals surface area contributed by atoms with Crippen LogP contribution in [0.25, 0.3) is 0 Å². The first-order valence-electron chi connectivity index (χ1n) is 7.12. The van der Waals surface area contributed by atoms with Crippen LogP contribution in [0.1, 0.15) is 10.4 Å². The second-order valence-corrected chi connectivity index (χ2v) is 5.90. The molecule has 6 heteroatoms. The Kier molecular flexibility index (Phi) is 4.70. The van der Waals surface area contributed by atoms with Gasteiger partial charge in [0.05, 0.1) is 5.56 Å². The number of ether oxygens (including phenoxy) is 1. The molecule has 0 bridgehead atoms. The number of amides is 1. The molecule has 3 rings (SSSR count). The number of carbonyl (C=O) groups is 1. The lowest BCUT2D eigenvalue weighted by Crippen LogP contribution is -2.46. The van der Waals surface area contributed by atoms with E-state index in [9.17, 15) is 4.79 Å². The first-order valence-corrected chi connectivity index (χ1v) is 7.91. The number of halogens is 1. The Morgan fingerprint density at radius 3 is 2.50 bits per heavy atom. The molecule has 22 heavy (non-hydrogen) atoms. The summed E-state index contributed by atoms with van der Waals surface area (Å²) in [6, 6.07) is 11.0. The van der Waals surface area contributed by atoms with E-state index < -0.39 is 0 Å². The molecular formula is C16H16BrN3O2. The second-order valence-electron chi connectivity index (χ2n) is 4.98. The Morgan fingerprint density at radius 2 is 1.86 bits per heavy atom. The molecule has 114 valence electrons. The van der Waals surface area contributed by atoms with E-state index in [0.29, 0.717) is 17.2 Å². The fourth-order valence-corrected chi connectivity index (χ4v) is 2.51. The van der Waals surface area contributed by atoms with E-state index in [2.05, 4.69) is 26.2 Å². The summed E-state index contributed by atoms with van der Waals surface area (Å²) in [4.78, 5) is 18.4. The molecule has 2 heterocycles. The zero-order valence-corrected chi connectivity index (χ0v) is 13.5. The highest BCUT2D eigenvalue weighted by Crippen LogP contribution is 2.21. The summed E-state index contributed by atoms with van der Waals surface area (Å²) in [5.74, 6) is 1.19. The van der Waals surface area contributed by atoms with Gasteiger partial charge in [0.1, 0.15) is 5.75 Å². The quantitative estimate of drug-likeness (QED) is 0.912. The second kappa shape index (κ2) is 6.89. The minimum atomic E-state index is 0.0178. The van der Waals surface area contributed by atoms with Crippen LogP contribution in [0.15, 0.2) is 47.1 Å². The molecule has 0 saturated carbocycles. The maximum Gasteiger partial charge on any atom is 0.255 e. The van der Waals surface area contributed by atoms with Gasteiger partial charge < -0.3 is 15.0 Å². The predicted octanol–water partition coefficient (Wildman–Crippen LogP) is 2.68. The van der Waals surface area contributed by atoms with E-state index in [0.717, 1.165) is 30.7 Å². The molecule has 1 aliphatic heterocycles. The van der Waals surface area contributed by atoms with E-state index in [-0.39, 0.29) is 5.91 Å². The van der Waals surface area contributed by atoms with Crippen LogP contribution in [0.3, 0.4) is 0 Å². The van der Waals surface area contributed by atoms with E-state index in [1.807, 2.05) is 29.2 Å². The van der Waals surface area contributed by atoms with Crippen LogP contribution in [-0.2, 0) is 0 Å². The predicted molar refractivity (Wildman–Crippen MR) is 87.2 cm³/mol. The van der Waals surface area contributed by atoms with Gasteiger partial charge in [-0.25, -0.2) is 4.98 Å². The average molecular weight is 362 g/mol. The van der Waals surface area contributed by atoms with Gasteiger partial charge in [-0.1, -0.05) is 15.9 Å². The molecular weight excluding hydrogens is 346 g/mol. The van der Waals surface area contributed by atoms with Gasteiger partial charge in [0, 0.05) is 42.9 Å². The van der Waals surface area contributed by atoms with Crippen molar-refractivity contribution in [3.63, 3.8) is 0 Å². The average Bonchev–Trinajstić information content (AvgIpc) is 2.58. The smallest absolute Gasteiger partial charge is 0.255 e. The topological polar surface area (TPSA) is 54.5 Å². The van der Waals surface area contributed by atoms with Crippen LogP contribution >= 0.6 is 15.9 Å². The van der Waals surface area contributed by atoms with Gasteiger partial charge in [0.25, 0.3) is 5.91 Å². The monoisotopic (exact) mass is 361 g/mol. The summed E-state index contributed by atoms with van der Waals surface area (Å²) in [5, 5.41) is 3.23. The molecule has 0 atom stereocenters. The van der Waals surface area contributed by atoms with Crippen molar-refractivity contribution in [3.05, 3.63) is 52.6 Å². The Labute approximate surface area is 137 Å². The lowest BCUT2D eigenvalue weighted by molar-refractivity contribution is 0.0735. The highest BCUT2D eigenvalue weighted by Gasteiger charge is 2.18. The normalized spacial score (nSPS) is 14.7. The van der Waals surface area contributed by atoms with Crippen molar-refractivity contribution >= 4 is 21.8 Å². The van der Waals surface area contributed by atoms with Crippen LogP contribution < -0.4 is 10.1 Å². The van der Waals surface area contributed by atoms with Crippen molar-refractivity contribution in [2.75, 3.05) is 26.2 Å². The SMILES string of the molecule is O=C(c1ccc(Oc2ccc(Br)cc2)nc1)N1CCNCC1. The van der Waals surface area contributed by atoms with Crippen LogP contribution in [0.4, 0.5) is 0 Å². The number of benzene rings is 1. The third kappa shape index (κ3) is 3.64. The van der Waals surface area contributed by atoms with Crippen LogP contribution in [0.2, 0.25) is 0 Å². The summed E-state index contributed by atoms with van der Waals surface area (Å²) in [6.07, 6.45) is 1.57. The van der Waals surface area contributed by atoms with Gasteiger partial charge in [-0.15, -0.1) is 0 Å². The minimum Gasteiger partial charge on any atom is -0.439 e. The molecule has 1 N–H and O–H groups in total. The molecule has 0 aliphatic carbocycles. The van der Waals surface area contributed by atoms with Gasteiger partial charge in [-0.05, 0) is 30.3 Å². The maximum absolute atomic E-state index is 12.3. The van der Waals surface area contributed by atoms with Crippen LogP contribution in [0.5, 0.6) is 11.6 Å². The molecule has 0 spiro atoms. The summed E-state index contributed by atoms with van der Waals surface area (Å²) >= 11 is 3.38. The first kappa shape index (κ1) is 15.0. The number of hydrogen-bond donors (Lipinski definition) is 1. The van der Waals surface area contributed by atoms with E-state index in [1.54, 1.807) is 18.3 Å². The number of aromatic nitrogens is 1. The number of rotatable bonds is 3. The Bertz CT molecular complexity index is 637. The van der Waals surface area contributed by atoms with Crippen LogP contribution in [-0.4, -0.2) is 42.0 Å². The lowest BCUT2D eigenvalue weighted by Gasteiger charge is -2.27. The van der Waals surface area contributed by atoms with Crippen molar-refractivity contribution in [2.24, 2.45) is 0 Å². The van der Waals surface area contributed by atoms with Gasteiger partial charge >= 0.3 is 0 Å². The highest BCUT2D eigenvalue weighted by molar-refractivity contribution is 9.10. The number of nitrogens with zero attached hydrogens (tertiary/aromatic N) is 2. The lowest BCUT2D eigenvalue weighted by atomic mass is 10.2. The van der Waals surface area contributed by atoms with Gasteiger partial charge in [0.15, 0.2) is 0 Å². The fraction of sp³-hybridized carbons (Fsp3) is 0.250. The van der Waals surface area contributed by atoms with Crippen molar-refractivity contribution in [1.82, 2.24) is 15.2 Å². The molecule has 1 aliphatic rings. The summed E-state index contributed by atoms with van der Waals surface area (Å²) < 4.78 is 6.64. The maximum atomic E-state index is 12.3. The molecule has 1 fully saturated rings. The summed E-state index contributed by atoms with van der Waals surface area (Å²) in [7, 11) is 0. The number of nitrogens with one attached hydrogen (secondary N) is 1. The molecule has 0 radical (unpaired) electrons. The van der Waals surface area contributed by atoms with E-state index >= 15 is 0 Å². The molecule has 1 aromatic heterocycles. The van der Waals surface area contributed by atoms with Gasteiger partial charge in [0.2, 0.25) is 5.88 Å². The van der Waals surface area contributed by atoms with Crippen molar-refractivity contribution in [2.45, 2.75) is 0 Å². The number of pyridine rings is 1. The highest BCUT2D eigenvalue weighted by atomic mass is 79.9. The van der Waals surface area contributed by atoms with E-state index in [4.69, 9.17) is 4.74 Å². The zero-order valence-electron chi connectivity index (χ0n) is 12.0. The van der Waals surface area contributed by atoms with Crippen molar-refractivity contribution in [1.29, 1.82) is 0 Å². The molecule has 1 aromatic carbocycles. The molecule has 5 nitrogen and oxygen atoms in total. The third-order valence-corrected chi connectivity index (χ3v) is 3.95. The minimum absolute atomic E-state index is 0.0178. The largest absolute Gasteiger partial charge is 0.439 e. The number of carbonyl (C=O) groups excluding carboxylic acids is 1. The van der Waals surface area contributed by atoms with Crippen molar-refractivity contribution < 1.29 is 9.53 Å². The van der Waals surface area contributed by atoms with E-state index in [1.165, 1.54) is 0 Å². The Balaban J connectivity index is 1.66. The summed E-state index contributed by atoms with van der Waals surface area (Å²) in [5.41, 5.74) is 0.588. The molecule has 2 aromatic rings. The van der Waals surface area contributed by atoms with Crippen LogP contribution in [0, 0.1) is 0 Å². The van der Waals surface area contributed by atoms with Crippen molar-refractivity contribution in [3.8, 4) is 11.6 Å². The molecule has 0 unspecified atom stereocenters. The molecule has 1 amide bonds. The molecule has 1 saturated heterocycles. The Morgan fingerprint density at radius 1 is 1.14 bits per heavy atom. The number of hydrogen-bond acceptors (Lipinski definition) is 4. The number of piperazine rings is 1. The zero-order chi connectivity index (χ0) is 15.4. The first-order chi connectivity index (χ1) is 10.7. The Hall–Kier alpha value is -1.92. The van der Waals surface area contributed by atoms with Gasteiger partial charge in [-0.2, -0.15) is 0 Å². The summed E-state index contributed by atoms with van der Waals surface area (Å²) in [6.45, 7) is 3.14. The third-order valence-electron chi connectivity index (χ3n) is 3.42.